The Balaban J connectivity index is 1.57. The van der Waals surface area contributed by atoms with Gasteiger partial charge in [-0.15, -0.1) is 0 Å². The van der Waals surface area contributed by atoms with Gasteiger partial charge in [0.15, 0.2) is 0 Å². The molecule has 0 fully saturated rings. The van der Waals surface area contributed by atoms with Gasteiger partial charge in [-0.05, 0) is 0 Å². The minimum atomic E-state index is -4.11. The van der Waals surface area contributed by atoms with Crippen molar-refractivity contribution in [3.63, 3.8) is 0 Å². The molecule has 132 valence electrons. The molecule has 1 spiro atoms. The summed E-state index contributed by atoms with van der Waals surface area (Å²) in [6.07, 6.45) is 1.53. The van der Waals surface area contributed by atoms with Crippen LogP contribution in [0.5, 0.6) is 23.0 Å². The molecule has 25 heavy (non-hydrogen) atoms. The van der Waals surface area contributed by atoms with Crippen LogP contribution < -0.4 is 23.0 Å². The fraction of sp³-hybridized carbons (Fsp3) is 0.278. The van der Waals surface area contributed by atoms with E-state index in [0.717, 1.165) is 12.8 Å². The standard InChI is InChI=1S/C18H20NO5Si/c1-14(20)19-12-6-7-13-25(21-15-8-2-3-9-16(15)22-25)23-17-10-4-5-11-18(17)24-25/h2-5,8-11H,6-7,12-13H2,1H3,(H,19,20)/q-1. The predicted octanol–water partition coefficient (Wildman–Crippen LogP) is 3.24. The van der Waals surface area contributed by atoms with E-state index in [4.69, 9.17) is 17.7 Å². The summed E-state index contributed by atoms with van der Waals surface area (Å²) in [6, 6.07) is 15.5. The van der Waals surface area contributed by atoms with E-state index >= 15 is 0 Å². The number of carbonyl (C=O) groups excluding carboxylic acids is 1. The molecule has 0 aliphatic carbocycles. The summed E-state index contributed by atoms with van der Waals surface area (Å²) in [5.41, 5.74) is 0. The molecule has 2 aromatic carbocycles. The van der Waals surface area contributed by atoms with Crippen molar-refractivity contribution >= 4 is 14.2 Å². The Morgan fingerprint density at radius 1 is 0.840 bits per heavy atom. The van der Waals surface area contributed by atoms with Crippen LogP contribution in [0.3, 0.4) is 0 Å². The number of hydrogen-bond donors (Lipinski definition) is 1. The van der Waals surface area contributed by atoms with Crippen molar-refractivity contribution in [2.24, 2.45) is 0 Å². The molecule has 0 bridgehead atoms. The Hall–Kier alpha value is -2.67. The molecule has 0 saturated carbocycles. The first kappa shape index (κ1) is 15.8. The molecule has 2 heterocycles. The quantitative estimate of drug-likeness (QED) is 0.657. The van der Waals surface area contributed by atoms with Crippen molar-refractivity contribution < 1.29 is 22.5 Å². The summed E-state index contributed by atoms with van der Waals surface area (Å²) in [4.78, 5) is 11.0. The Morgan fingerprint density at radius 2 is 1.28 bits per heavy atom. The van der Waals surface area contributed by atoms with Gasteiger partial charge in [-0.1, -0.05) is 0 Å². The van der Waals surface area contributed by atoms with Gasteiger partial charge in [-0.3, -0.25) is 0 Å². The molecule has 1 amide bonds. The van der Waals surface area contributed by atoms with Crippen LogP contribution in [0.2, 0.25) is 6.04 Å². The Kier molecular flexibility index (Phi) is 3.61. The molecule has 1 N–H and O–H groups in total. The van der Waals surface area contributed by atoms with E-state index in [1.165, 1.54) is 6.92 Å². The molecule has 0 radical (unpaired) electrons. The number of unbranched alkanes of at least 4 members (excludes halogenated alkanes) is 1. The van der Waals surface area contributed by atoms with E-state index < -0.39 is 8.33 Å². The molecule has 0 saturated heterocycles. The number of para-hydroxylation sites is 4. The molecule has 7 heteroatoms. The van der Waals surface area contributed by atoms with Crippen LogP contribution >= 0.6 is 0 Å². The van der Waals surface area contributed by atoms with E-state index in [9.17, 15) is 4.79 Å². The van der Waals surface area contributed by atoms with Crippen molar-refractivity contribution in [3.8, 4) is 23.0 Å². The molecule has 4 rings (SSSR count). The normalized spacial score (nSPS) is 19.2. The molecule has 2 aromatic rings. The van der Waals surface area contributed by atoms with Gasteiger partial charge in [0.05, 0.1) is 0 Å². The summed E-state index contributed by atoms with van der Waals surface area (Å²) in [5.74, 6) is 2.54. The van der Waals surface area contributed by atoms with Gasteiger partial charge >= 0.3 is 146 Å². The van der Waals surface area contributed by atoms with Gasteiger partial charge in [0.25, 0.3) is 0 Å². The maximum absolute atomic E-state index is 11.0. The fourth-order valence-electron chi connectivity index (χ4n) is 3.22. The van der Waals surface area contributed by atoms with Crippen molar-refractivity contribution in [3.05, 3.63) is 48.5 Å². The third kappa shape index (κ3) is 2.80. The van der Waals surface area contributed by atoms with E-state index in [-0.39, 0.29) is 5.91 Å². The molecular formula is C18H20NO5Si-. The van der Waals surface area contributed by atoms with Gasteiger partial charge in [-0.2, -0.15) is 0 Å². The summed E-state index contributed by atoms with van der Waals surface area (Å²) in [6.45, 7) is 2.11. The van der Waals surface area contributed by atoms with Crippen molar-refractivity contribution in [1.29, 1.82) is 0 Å². The predicted molar refractivity (Wildman–Crippen MR) is 93.9 cm³/mol. The van der Waals surface area contributed by atoms with Gasteiger partial charge in [-0.25, -0.2) is 0 Å². The number of rotatable bonds is 5. The maximum atomic E-state index is 11.0. The summed E-state index contributed by atoms with van der Waals surface area (Å²) in [5, 5.41) is 2.80. The Morgan fingerprint density at radius 3 is 1.68 bits per heavy atom. The van der Waals surface area contributed by atoms with E-state index in [1.807, 2.05) is 48.5 Å². The average molecular weight is 358 g/mol. The minimum absolute atomic E-state index is 0.0344. The van der Waals surface area contributed by atoms with Gasteiger partial charge in [0, 0.05) is 0 Å². The van der Waals surface area contributed by atoms with Gasteiger partial charge < -0.3 is 0 Å². The molecule has 2 aliphatic heterocycles. The second-order valence-corrected chi connectivity index (χ2v) is 9.79. The SMILES string of the molecule is CC(=O)NCCCC[Si-]12(Oc3ccccc3O1)Oc1ccccc1O2. The van der Waals surface area contributed by atoms with Crippen LogP contribution in [0.25, 0.3) is 0 Å². The van der Waals surface area contributed by atoms with Crippen molar-refractivity contribution in [1.82, 2.24) is 5.32 Å². The van der Waals surface area contributed by atoms with Gasteiger partial charge in [0.2, 0.25) is 0 Å². The van der Waals surface area contributed by atoms with Crippen LogP contribution in [-0.2, 0) is 4.79 Å². The third-order valence-corrected chi connectivity index (χ3v) is 7.94. The van der Waals surface area contributed by atoms with Crippen molar-refractivity contribution in [2.45, 2.75) is 25.8 Å². The van der Waals surface area contributed by atoms with Crippen LogP contribution in [0.4, 0.5) is 0 Å². The van der Waals surface area contributed by atoms with Crippen LogP contribution in [0.15, 0.2) is 48.5 Å². The molecular weight excluding hydrogens is 338 g/mol. The Labute approximate surface area is 146 Å². The molecule has 0 atom stereocenters. The van der Waals surface area contributed by atoms with E-state index in [1.54, 1.807) is 0 Å². The zero-order valence-electron chi connectivity index (χ0n) is 14.0. The first-order chi connectivity index (χ1) is 12.1. The number of hydrogen-bond acceptors (Lipinski definition) is 5. The first-order valence-electron chi connectivity index (χ1n) is 8.45. The zero-order valence-corrected chi connectivity index (χ0v) is 15.0. The number of nitrogens with one attached hydrogen (secondary N) is 1. The second-order valence-electron chi connectivity index (χ2n) is 6.32. The average Bonchev–Trinajstić information content (AvgIpc) is 3.08. The number of benzene rings is 2. The van der Waals surface area contributed by atoms with Crippen molar-refractivity contribution in [2.75, 3.05) is 6.54 Å². The number of carbonyl (C=O) groups is 1. The third-order valence-electron chi connectivity index (χ3n) is 4.31. The van der Waals surface area contributed by atoms with E-state index in [2.05, 4.69) is 5.32 Å². The molecule has 0 aromatic heterocycles. The fourth-order valence-corrected chi connectivity index (χ4v) is 7.08. The van der Waals surface area contributed by atoms with Crippen LogP contribution in [-0.4, -0.2) is 20.8 Å². The summed E-state index contributed by atoms with van der Waals surface area (Å²) < 4.78 is 25.0. The summed E-state index contributed by atoms with van der Waals surface area (Å²) >= 11 is 0. The molecule has 2 aliphatic rings. The first-order valence-corrected chi connectivity index (χ1v) is 10.8. The number of amides is 1. The van der Waals surface area contributed by atoms with Crippen LogP contribution in [0, 0.1) is 0 Å². The van der Waals surface area contributed by atoms with Crippen LogP contribution in [0.1, 0.15) is 19.8 Å². The molecule has 6 nitrogen and oxygen atoms in total. The monoisotopic (exact) mass is 358 g/mol. The molecule has 0 unspecified atom stereocenters. The Bertz CT molecular complexity index is 712. The van der Waals surface area contributed by atoms with Gasteiger partial charge in [0.1, 0.15) is 0 Å². The topological polar surface area (TPSA) is 66.0 Å². The zero-order chi connectivity index (χ0) is 17.4. The van der Waals surface area contributed by atoms with E-state index in [0.29, 0.717) is 35.6 Å². The second kappa shape index (κ2) is 5.70. The summed E-state index contributed by atoms with van der Waals surface area (Å²) in [7, 11) is -4.11. The number of fused-ring (bicyclic) bond motifs is 2.